The fourth-order valence-corrected chi connectivity index (χ4v) is 4.66. The van der Waals surface area contributed by atoms with Crippen LogP contribution in [-0.4, -0.2) is 57.8 Å². The summed E-state index contributed by atoms with van der Waals surface area (Å²) in [5, 5.41) is 14.7. The molecule has 2 heterocycles. The maximum atomic E-state index is 13.3. The SMILES string of the molecule is COc1c(C(=O)O)ccc2c1c(C=Cc1ccc(F)cc1)nn2C1CC1(C(N)=O)C(=O)N1CCC1. The third-order valence-electron chi connectivity index (χ3n) is 6.78. The van der Waals surface area contributed by atoms with Crippen LogP contribution < -0.4 is 10.5 Å². The number of fused-ring (bicyclic) bond motifs is 1. The molecule has 0 bridgehead atoms. The number of carbonyl (C=O) groups excluding carboxylic acids is 2. The van der Waals surface area contributed by atoms with Crippen molar-refractivity contribution in [3.63, 3.8) is 0 Å². The number of ether oxygens (including phenoxy) is 1. The number of nitrogens with zero attached hydrogens (tertiary/aromatic N) is 3. The van der Waals surface area contributed by atoms with Crippen LogP contribution in [0, 0.1) is 11.2 Å². The van der Waals surface area contributed by atoms with Crippen LogP contribution in [0.25, 0.3) is 23.1 Å². The van der Waals surface area contributed by atoms with Crippen molar-refractivity contribution in [1.29, 1.82) is 0 Å². The van der Waals surface area contributed by atoms with Gasteiger partial charge < -0.3 is 20.5 Å². The maximum absolute atomic E-state index is 13.3. The summed E-state index contributed by atoms with van der Waals surface area (Å²) in [6, 6.07) is 8.22. The maximum Gasteiger partial charge on any atom is 0.339 e. The Morgan fingerprint density at radius 3 is 2.46 bits per heavy atom. The molecule has 2 aromatic carbocycles. The van der Waals surface area contributed by atoms with E-state index in [1.54, 1.807) is 39.9 Å². The van der Waals surface area contributed by atoms with Gasteiger partial charge in [-0.25, -0.2) is 9.18 Å². The number of rotatable bonds is 7. The largest absolute Gasteiger partial charge is 0.495 e. The summed E-state index contributed by atoms with van der Waals surface area (Å²) in [4.78, 5) is 39.1. The van der Waals surface area contributed by atoms with E-state index in [0.717, 1.165) is 6.42 Å². The van der Waals surface area contributed by atoms with Gasteiger partial charge in [0.2, 0.25) is 11.8 Å². The summed E-state index contributed by atoms with van der Waals surface area (Å²) >= 11 is 0. The molecule has 2 unspecified atom stereocenters. The Morgan fingerprint density at radius 2 is 1.89 bits per heavy atom. The highest BCUT2D eigenvalue weighted by molar-refractivity contribution is 6.09. The quantitative estimate of drug-likeness (QED) is 0.503. The molecule has 2 atom stereocenters. The first kappa shape index (κ1) is 22.6. The number of carboxylic acid groups (broad SMARTS) is 1. The highest BCUT2D eigenvalue weighted by Gasteiger charge is 2.68. The smallest absolute Gasteiger partial charge is 0.339 e. The first-order valence-electron chi connectivity index (χ1n) is 11.1. The van der Waals surface area contributed by atoms with E-state index in [2.05, 4.69) is 5.10 Å². The van der Waals surface area contributed by atoms with Gasteiger partial charge in [-0.2, -0.15) is 5.10 Å². The van der Waals surface area contributed by atoms with E-state index in [1.165, 1.54) is 25.3 Å². The summed E-state index contributed by atoms with van der Waals surface area (Å²) in [5.41, 5.74) is 5.87. The molecule has 9 nitrogen and oxygen atoms in total. The van der Waals surface area contributed by atoms with Gasteiger partial charge >= 0.3 is 5.97 Å². The average Bonchev–Trinajstić information content (AvgIpc) is 3.46. The van der Waals surface area contributed by atoms with Crippen LogP contribution in [0.2, 0.25) is 0 Å². The van der Waals surface area contributed by atoms with Gasteiger partial charge in [0.15, 0.2) is 5.41 Å². The molecule has 1 aliphatic heterocycles. The molecule has 35 heavy (non-hydrogen) atoms. The fourth-order valence-electron chi connectivity index (χ4n) is 4.66. The average molecular weight is 478 g/mol. The summed E-state index contributed by atoms with van der Waals surface area (Å²) in [7, 11) is 1.37. The van der Waals surface area contributed by atoms with E-state index in [0.29, 0.717) is 35.2 Å². The number of carboxylic acids is 1. The van der Waals surface area contributed by atoms with Gasteiger partial charge in [-0.05, 0) is 48.7 Å². The van der Waals surface area contributed by atoms with E-state index in [1.807, 2.05) is 0 Å². The number of likely N-dealkylation sites (tertiary alicyclic amines) is 1. The lowest BCUT2D eigenvalue weighted by atomic mass is 10.0. The predicted molar refractivity (Wildman–Crippen MR) is 125 cm³/mol. The monoisotopic (exact) mass is 478 g/mol. The molecule has 2 fully saturated rings. The van der Waals surface area contributed by atoms with Gasteiger partial charge in [0.05, 0.1) is 29.7 Å². The number of amides is 2. The third-order valence-corrected chi connectivity index (χ3v) is 6.78. The number of carbonyl (C=O) groups is 3. The molecular formula is C25H23FN4O5. The number of benzene rings is 2. The van der Waals surface area contributed by atoms with Crippen molar-refractivity contribution < 1.29 is 28.6 Å². The number of nitrogens with two attached hydrogens (primary N) is 1. The van der Waals surface area contributed by atoms with Gasteiger partial charge in [-0.3, -0.25) is 14.3 Å². The molecule has 0 spiro atoms. The van der Waals surface area contributed by atoms with Crippen molar-refractivity contribution >= 4 is 40.8 Å². The Bertz CT molecular complexity index is 1390. The van der Waals surface area contributed by atoms with E-state index in [9.17, 15) is 23.9 Å². The van der Waals surface area contributed by atoms with Gasteiger partial charge in [-0.1, -0.05) is 18.2 Å². The molecule has 1 aliphatic carbocycles. The molecule has 5 rings (SSSR count). The molecule has 180 valence electrons. The standard InChI is InChI=1S/C25H23FN4O5/c1-35-21-16(22(31)32)8-10-18-20(21)17(9-5-14-3-6-15(26)7-4-14)28-30(18)19-13-25(19,23(27)33)24(34)29-11-2-12-29/h3-10,19H,2,11-13H2,1H3,(H2,27,33)(H,31,32). The molecule has 1 saturated carbocycles. The predicted octanol–water partition coefficient (Wildman–Crippen LogP) is 2.70. The number of hydrogen-bond donors (Lipinski definition) is 2. The van der Waals surface area contributed by atoms with Crippen molar-refractivity contribution in [3.05, 3.63) is 59.0 Å². The Labute approximate surface area is 199 Å². The Hall–Kier alpha value is -4.21. The van der Waals surface area contributed by atoms with Crippen LogP contribution in [0.1, 0.15) is 40.5 Å². The van der Waals surface area contributed by atoms with Gasteiger partial charge in [0.1, 0.15) is 17.1 Å². The van der Waals surface area contributed by atoms with Crippen LogP contribution >= 0.6 is 0 Å². The number of aromatic carboxylic acids is 1. The molecule has 3 aromatic rings. The van der Waals surface area contributed by atoms with E-state index >= 15 is 0 Å². The van der Waals surface area contributed by atoms with Crippen molar-refractivity contribution in [2.75, 3.05) is 20.2 Å². The lowest BCUT2D eigenvalue weighted by molar-refractivity contribution is -0.146. The van der Waals surface area contributed by atoms with Gasteiger partial charge in [0, 0.05) is 13.1 Å². The van der Waals surface area contributed by atoms with Crippen molar-refractivity contribution in [3.8, 4) is 5.75 Å². The number of methoxy groups -OCH3 is 1. The molecule has 3 N–H and O–H groups in total. The van der Waals surface area contributed by atoms with Crippen LogP contribution in [0.3, 0.4) is 0 Å². The highest BCUT2D eigenvalue weighted by Crippen LogP contribution is 2.58. The second-order valence-electron chi connectivity index (χ2n) is 8.76. The molecule has 1 aromatic heterocycles. The van der Waals surface area contributed by atoms with Crippen LogP contribution in [-0.2, 0) is 9.59 Å². The summed E-state index contributed by atoms with van der Waals surface area (Å²) in [6.45, 7) is 1.17. The van der Waals surface area contributed by atoms with Gasteiger partial charge in [0.25, 0.3) is 0 Å². The molecule has 2 amide bonds. The molecule has 10 heteroatoms. The van der Waals surface area contributed by atoms with Gasteiger partial charge in [-0.15, -0.1) is 0 Å². The Balaban J connectivity index is 1.65. The Kier molecular flexibility index (Phi) is 5.31. The lowest BCUT2D eigenvalue weighted by Crippen LogP contribution is -2.50. The van der Waals surface area contributed by atoms with E-state index < -0.39 is 23.3 Å². The second kappa shape index (κ2) is 8.23. The zero-order valence-electron chi connectivity index (χ0n) is 18.9. The lowest BCUT2D eigenvalue weighted by Gasteiger charge is -2.33. The van der Waals surface area contributed by atoms with Crippen LogP contribution in [0.5, 0.6) is 5.75 Å². The normalized spacial score (nSPS) is 21.2. The minimum Gasteiger partial charge on any atom is -0.495 e. The summed E-state index contributed by atoms with van der Waals surface area (Å²) in [5.74, 6) is -2.44. The minimum atomic E-state index is -1.39. The molecular weight excluding hydrogens is 455 g/mol. The van der Waals surface area contributed by atoms with E-state index in [4.69, 9.17) is 10.5 Å². The summed E-state index contributed by atoms with van der Waals surface area (Å²) in [6.07, 6.45) is 4.45. The molecule has 2 aliphatic rings. The zero-order valence-corrected chi connectivity index (χ0v) is 18.9. The summed E-state index contributed by atoms with van der Waals surface area (Å²) < 4.78 is 20.3. The van der Waals surface area contributed by atoms with Crippen LogP contribution in [0.4, 0.5) is 4.39 Å². The number of halogens is 1. The van der Waals surface area contributed by atoms with E-state index in [-0.39, 0.29) is 29.5 Å². The third kappa shape index (κ3) is 3.52. The number of hydrogen-bond acceptors (Lipinski definition) is 5. The first-order valence-corrected chi connectivity index (χ1v) is 11.1. The highest BCUT2D eigenvalue weighted by atomic mass is 19.1. The zero-order chi connectivity index (χ0) is 24.9. The van der Waals surface area contributed by atoms with Crippen LogP contribution in [0.15, 0.2) is 36.4 Å². The molecule has 1 saturated heterocycles. The van der Waals surface area contributed by atoms with Crippen molar-refractivity contribution in [2.24, 2.45) is 11.1 Å². The fraction of sp³-hybridized carbons (Fsp3) is 0.280. The minimum absolute atomic E-state index is 0.0513. The molecule has 0 radical (unpaired) electrons. The van der Waals surface area contributed by atoms with Crippen molar-refractivity contribution in [2.45, 2.75) is 18.9 Å². The topological polar surface area (TPSA) is 128 Å². The number of aromatic nitrogens is 2. The van der Waals surface area contributed by atoms with Crippen molar-refractivity contribution in [1.82, 2.24) is 14.7 Å². The number of primary amides is 1. The second-order valence-corrected chi connectivity index (χ2v) is 8.76. The first-order chi connectivity index (χ1) is 16.8. The Morgan fingerprint density at radius 1 is 1.17 bits per heavy atom.